The van der Waals surface area contributed by atoms with Gasteiger partial charge in [0.15, 0.2) is 0 Å². The first-order valence-corrected chi connectivity index (χ1v) is 8.44. The lowest BCUT2D eigenvalue weighted by Crippen LogP contribution is -2.31. The minimum Gasteiger partial charge on any atom is -0.496 e. The number of nitrogens with zero attached hydrogens (tertiary/aromatic N) is 1. The van der Waals surface area contributed by atoms with Gasteiger partial charge in [-0.25, -0.2) is 0 Å². The monoisotopic (exact) mass is 363 g/mol. The summed E-state index contributed by atoms with van der Waals surface area (Å²) in [5.74, 6) is 1.52. The van der Waals surface area contributed by atoms with E-state index < -0.39 is 6.10 Å². The molecule has 0 aliphatic carbocycles. The Morgan fingerprint density at radius 3 is 1.88 bits per heavy atom. The number of para-hydroxylation sites is 2. The van der Waals surface area contributed by atoms with Gasteiger partial charge >= 0.3 is 0 Å². The molecule has 0 amide bonds. The van der Waals surface area contributed by atoms with E-state index >= 15 is 0 Å². The average molecular weight is 364 g/mol. The van der Waals surface area contributed by atoms with E-state index in [-0.39, 0.29) is 18.4 Å². The Bertz CT molecular complexity index is 673. The first-order valence-electron chi connectivity index (χ1n) is 8.44. The highest BCUT2D eigenvalue weighted by Crippen LogP contribution is 2.42. The van der Waals surface area contributed by atoms with Gasteiger partial charge in [-0.2, -0.15) is 0 Å². The summed E-state index contributed by atoms with van der Waals surface area (Å²) in [6, 6.07) is 15.5. The highest BCUT2D eigenvalue weighted by atomic mass is 35.5. The predicted octanol–water partition coefficient (Wildman–Crippen LogP) is 4.00. The highest BCUT2D eigenvalue weighted by Gasteiger charge is 2.33. The molecule has 1 aliphatic rings. The van der Waals surface area contributed by atoms with Crippen molar-refractivity contribution in [3.05, 3.63) is 59.7 Å². The van der Waals surface area contributed by atoms with Gasteiger partial charge in [0.05, 0.1) is 20.3 Å². The fraction of sp³-hybridized carbons (Fsp3) is 0.400. The van der Waals surface area contributed by atoms with Crippen LogP contribution in [0.3, 0.4) is 0 Å². The Hall–Kier alpha value is -1.75. The fourth-order valence-electron chi connectivity index (χ4n) is 3.58. The van der Waals surface area contributed by atoms with Crippen LogP contribution in [0.25, 0.3) is 0 Å². The topological polar surface area (TPSA) is 41.9 Å². The Morgan fingerprint density at radius 1 is 0.840 bits per heavy atom. The second-order valence-electron chi connectivity index (χ2n) is 6.12. The Morgan fingerprint density at radius 2 is 1.32 bits per heavy atom. The number of halogens is 1. The van der Waals surface area contributed by atoms with E-state index in [4.69, 9.17) is 9.47 Å². The van der Waals surface area contributed by atoms with Gasteiger partial charge < -0.3 is 14.6 Å². The molecule has 2 unspecified atom stereocenters. The molecular formula is C20H26ClNO3. The maximum absolute atomic E-state index is 11.2. The van der Waals surface area contributed by atoms with Crippen molar-refractivity contribution in [1.29, 1.82) is 0 Å². The van der Waals surface area contributed by atoms with Gasteiger partial charge in [0.2, 0.25) is 0 Å². The van der Waals surface area contributed by atoms with Crippen LogP contribution in [0, 0.1) is 0 Å². The molecular weight excluding hydrogens is 338 g/mol. The summed E-state index contributed by atoms with van der Waals surface area (Å²) < 4.78 is 11.0. The number of methoxy groups -OCH3 is 2. The van der Waals surface area contributed by atoms with Gasteiger partial charge in [0.1, 0.15) is 17.6 Å². The average Bonchev–Trinajstić information content (AvgIpc) is 3.16. The van der Waals surface area contributed by atoms with Crippen molar-refractivity contribution in [1.82, 2.24) is 4.90 Å². The van der Waals surface area contributed by atoms with Gasteiger partial charge in [-0.1, -0.05) is 36.4 Å². The normalized spacial score (nSPS) is 16.8. The predicted molar refractivity (Wildman–Crippen MR) is 102 cm³/mol. The molecule has 1 heterocycles. The minimum atomic E-state index is -0.685. The molecule has 136 valence electrons. The third-order valence-electron chi connectivity index (χ3n) is 4.75. The van der Waals surface area contributed by atoms with Crippen LogP contribution >= 0.6 is 12.4 Å². The van der Waals surface area contributed by atoms with Crippen molar-refractivity contribution in [3.63, 3.8) is 0 Å². The second kappa shape index (κ2) is 9.09. The molecule has 0 saturated carbocycles. The first kappa shape index (κ1) is 19.6. The fourth-order valence-corrected chi connectivity index (χ4v) is 3.58. The second-order valence-corrected chi connectivity index (χ2v) is 6.12. The van der Waals surface area contributed by atoms with Crippen LogP contribution in [0.4, 0.5) is 0 Å². The maximum Gasteiger partial charge on any atom is 0.124 e. The zero-order chi connectivity index (χ0) is 16.9. The van der Waals surface area contributed by atoms with E-state index in [0.717, 1.165) is 42.8 Å². The Kier molecular flexibility index (Phi) is 7.12. The molecule has 0 bridgehead atoms. The number of hydrogen-bond donors (Lipinski definition) is 1. The third kappa shape index (κ3) is 4.09. The van der Waals surface area contributed by atoms with Gasteiger partial charge in [0, 0.05) is 11.1 Å². The van der Waals surface area contributed by atoms with Gasteiger partial charge in [-0.05, 0) is 38.1 Å². The van der Waals surface area contributed by atoms with Crippen LogP contribution in [-0.2, 0) is 0 Å². The number of rotatable bonds is 6. The summed E-state index contributed by atoms with van der Waals surface area (Å²) in [6.07, 6.45) is 1.63. The van der Waals surface area contributed by atoms with Crippen LogP contribution in [0.2, 0.25) is 0 Å². The molecule has 1 N–H and O–H groups in total. The molecule has 5 heteroatoms. The molecule has 1 saturated heterocycles. The molecule has 4 nitrogen and oxygen atoms in total. The minimum absolute atomic E-state index is 0. The summed E-state index contributed by atoms with van der Waals surface area (Å²) in [5, 5.41) is 11.2. The quantitative estimate of drug-likeness (QED) is 0.842. The third-order valence-corrected chi connectivity index (χ3v) is 4.75. The lowest BCUT2D eigenvalue weighted by Gasteiger charge is -2.33. The van der Waals surface area contributed by atoms with Crippen molar-refractivity contribution in [3.8, 4) is 11.5 Å². The number of aliphatic hydroxyl groups is 1. The molecule has 0 aromatic heterocycles. The molecule has 0 spiro atoms. The SMILES string of the molecule is COc1ccccc1C(O)C(c1ccccc1OC)N1CCCC1.Cl. The van der Waals surface area contributed by atoms with Crippen LogP contribution in [0.1, 0.15) is 36.1 Å². The smallest absolute Gasteiger partial charge is 0.124 e. The van der Waals surface area contributed by atoms with Crippen LogP contribution < -0.4 is 9.47 Å². The van der Waals surface area contributed by atoms with E-state index in [0.29, 0.717) is 5.75 Å². The summed E-state index contributed by atoms with van der Waals surface area (Å²) in [4.78, 5) is 2.34. The summed E-state index contributed by atoms with van der Waals surface area (Å²) >= 11 is 0. The number of hydrogen-bond acceptors (Lipinski definition) is 4. The lowest BCUT2D eigenvalue weighted by atomic mass is 9.93. The summed E-state index contributed by atoms with van der Waals surface area (Å²) in [6.45, 7) is 1.96. The van der Waals surface area contributed by atoms with Crippen LogP contribution in [0.15, 0.2) is 48.5 Å². The van der Waals surface area contributed by atoms with E-state index in [1.807, 2.05) is 48.5 Å². The van der Waals surface area contributed by atoms with Crippen molar-refractivity contribution in [2.45, 2.75) is 25.0 Å². The van der Waals surface area contributed by atoms with Crippen molar-refractivity contribution in [2.24, 2.45) is 0 Å². The van der Waals surface area contributed by atoms with E-state index in [1.54, 1.807) is 14.2 Å². The molecule has 1 fully saturated rings. The molecule has 3 rings (SSSR count). The Balaban J connectivity index is 0.00000225. The summed E-state index contributed by atoms with van der Waals surface area (Å²) in [5.41, 5.74) is 1.82. The van der Waals surface area contributed by atoms with E-state index in [9.17, 15) is 5.11 Å². The van der Waals surface area contributed by atoms with Gasteiger partial charge in [-0.3, -0.25) is 4.90 Å². The van der Waals surface area contributed by atoms with Crippen molar-refractivity contribution in [2.75, 3.05) is 27.3 Å². The first-order chi connectivity index (χ1) is 11.8. The number of likely N-dealkylation sites (tertiary alicyclic amines) is 1. The van der Waals surface area contributed by atoms with E-state index in [1.165, 1.54) is 0 Å². The van der Waals surface area contributed by atoms with Crippen molar-refractivity contribution < 1.29 is 14.6 Å². The molecule has 0 radical (unpaired) electrons. The van der Waals surface area contributed by atoms with Crippen LogP contribution in [-0.4, -0.2) is 37.3 Å². The zero-order valence-electron chi connectivity index (χ0n) is 14.7. The lowest BCUT2D eigenvalue weighted by molar-refractivity contribution is 0.0575. The molecule has 1 aliphatic heterocycles. The largest absolute Gasteiger partial charge is 0.496 e. The molecule has 2 aromatic carbocycles. The highest BCUT2D eigenvalue weighted by molar-refractivity contribution is 5.85. The maximum atomic E-state index is 11.2. The number of benzene rings is 2. The Labute approximate surface area is 155 Å². The molecule has 2 aromatic rings. The number of ether oxygens (including phenoxy) is 2. The molecule has 25 heavy (non-hydrogen) atoms. The number of aliphatic hydroxyl groups excluding tert-OH is 1. The standard InChI is InChI=1S/C20H25NO3.ClH/c1-23-17-11-5-3-9-15(17)19(21-13-7-8-14-21)20(22)16-10-4-6-12-18(16)24-2;/h3-6,9-12,19-20,22H,7-8,13-14H2,1-2H3;1H. The zero-order valence-corrected chi connectivity index (χ0v) is 15.5. The van der Waals surface area contributed by atoms with Gasteiger partial charge in [0.25, 0.3) is 0 Å². The molecule has 2 atom stereocenters. The van der Waals surface area contributed by atoms with E-state index in [2.05, 4.69) is 4.90 Å². The summed E-state index contributed by atoms with van der Waals surface area (Å²) in [7, 11) is 3.31. The van der Waals surface area contributed by atoms with Crippen molar-refractivity contribution >= 4 is 12.4 Å². The van der Waals surface area contributed by atoms with Gasteiger partial charge in [-0.15, -0.1) is 12.4 Å². The van der Waals surface area contributed by atoms with Crippen LogP contribution in [0.5, 0.6) is 11.5 Å².